The molecule has 1 aromatic rings. The van der Waals surface area contributed by atoms with Crippen LogP contribution in [-0.2, 0) is 11.3 Å². The molecular formula is C18H31IN4O. The lowest BCUT2D eigenvalue weighted by Crippen LogP contribution is -2.38. The van der Waals surface area contributed by atoms with E-state index in [4.69, 9.17) is 5.73 Å². The molecule has 0 spiro atoms. The van der Waals surface area contributed by atoms with Crippen LogP contribution < -0.4 is 16.4 Å². The molecule has 0 heterocycles. The van der Waals surface area contributed by atoms with E-state index in [9.17, 15) is 4.79 Å². The molecule has 1 unspecified atom stereocenters. The van der Waals surface area contributed by atoms with E-state index >= 15 is 0 Å². The first kappa shape index (κ1) is 22.7. The average molecular weight is 446 g/mol. The number of carbonyl (C=O) groups excluding carboxylic acids is 1. The molecule has 136 valence electrons. The topological polar surface area (TPSA) is 79.5 Å². The van der Waals surface area contributed by atoms with Crippen LogP contribution in [0.5, 0.6) is 0 Å². The standard InChI is InChI=1S/C18H30N4O.HI/c1-13(2)7-5-8-14(3)21-18(19)20-12-16-9-6-10-17(11-16)22-15(4)23;/h6,9-11,13-14H,5,7-8,12H2,1-4H3,(H,22,23)(H3,19,20,21);1H. The maximum absolute atomic E-state index is 11.1. The summed E-state index contributed by atoms with van der Waals surface area (Å²) in [4.78, 5) is 15.4. The third-order valence-electron chi connectivity index (χ3n) is 3.49. The third-order valence-corrected chi connectivity index (χ3v) is 3.49. The minimum Gasteiger partial charge on any atom is -0.370 e. The summed E-state index contributed by atoms with van der Waals surface area (Å²) < 4.78 is 0. The lowest BCUT2D eigenvalue weighted by molar-refractivity contribution is -0.114. The van der Waals surface area contributed by atoms with Crippen LogP contribution in [0.15, 0.2) is 29.3 Å². The van der Waals surface area contributed by atoms with Gasteiger partial charge in [0.1, 0.15) is 0 Å². The summed E-state index contributed by atoms with van der Waals surface area (Å²) in [5.41, 5.74) is 7.73. The molecular weight excluding hydrogens is 415 g/mol. The van der Waals surface area contributed by atoms with Gasteiger partial charge < -0.3 is 16.4 Å². The molecule has 0 aliphatic rings. The number of nitrogens with two attached hydrogens (primary N) is 1. The van der Waals surface area contributed by atoms with Crippen molar-refractivity contribution in [2.75, 3.05) is 5.32 Å². The highest BCUT2D eigenvalue weighted by molar-refractivity contribution is 14.0. The molecule has 0 aliphatic carbocycles. The van der Waals surface area contributed by atoms with Gasteiger partial charge in [0.2, 0.25) is 5.91 Å². The van der Waals surface area contributed by atoms with Crippen molar-refractivity contribution < 1.29 is 4.79 Å². The Morgan fingerprint density at radius 1 is 1.25 bits per heavy atom. The Bertz CT molecular complexity index is 532. The van der Waals surface area contributed by atoms with Crippen molar-refractivity contribution in [1.82, 2.24) is 5.32 Å². The van der Waals surface area contributed by atoms with Crippen molar-refractivity contribution in [2.24, 2.45) is 16.6 Å². The zero-order valence-electron chi connectivity index (χ0n) is 15.1. The molecule has 0 aliphatic heterocycles. The van der Waals surface area contributed by atoms with Gasteiger partial charge in [0.25, 0.3) is 0 Å². The number of guanidine groups is 1. The predicted molar refractivity (Wildman–Crippen MR) is 113 cm³/mol. The summed E-state index contributed by atoms with van der Waals surface area (Å²) in [6, 6.07) is 7.95. The number of hydrogen-bond acceptors (Lipinski definition) is 2. The van der Waals surface area contributed by atoms with E-state index in [1.165, 1.54) is 19.8 Å². The van der Waals surface area contributed by atoms with E-state index in [1.807, 2.05) is 24.3 Å². The first-order valence-electron chi connectivity index (χ1n) is 8.29. The number of rotatable bonds is 8. The number of halogens is 1. The number of carbonyl (C=O) groups is 1. The molecule has 1 rings (SSSR count). The van der Waals surface area contributed by atoms with Gasteiger partial charge >= 0.3 is 0 Å². The Hall–Kier alpha value is -1.31. The first-order valence-corrected chi connectivity index (χ1v) is 8.29. The van der Waals surface area contributed by atoms with Gasteiger partial charge in [-0.05, 0) is 37.0 Å². The van der Waals surface area contributed by atoms with E-state index in [-0.39, 0.29) is 29.9 Å². The highest BCUT2D eigenvalue weighted by Crippen LogP contribution is 2.11. The maximum atomic E-state index is 11.1. The molecule has 0 bridgehead atoms. The predicted octanol–water partition coefficient (Wildman–Crippen LogP) is 3.88. The van der Waals surface area contributed by atoms with Crippen molar-refractivity contribution in [1.29, 1.82) is 0 Å². The summed E-state index contributed by atoms with van der Waals surface area (Å²) in [6.45, 7) is 8.59. The van der Waals surface area contributed by atoms with Crippen LogP contribution in [0, 0.1) is 5.92 Å². The van der Waals surface area contributed by atoms with Crippen molar-refractivity contribution in [2.45, 2.75) is 59.5 Å². The molecule has 1 atom stereocenters. The van der Waals surface area contributed by atoms with Gasteiger partial charge in [0, 0.05) is 18.7 Å². The second-order valence-electron chi connectivity index (χ2n) is 6.45. The van der Waals surface area contributed by atoms with Gasteiger partial charge in [0.05, 0.1) is 6.54 Å². The Balaban J connectivity index is 0.00000529. The smallest absolute Gasteiger partial charge is 0.221 e. The second kappa shape index (κ2) is 12.1. The fourth-order valence-electron chi connectivity index (χ4n) is 2.33. The minimum absolute atomic E-state index is 0. The van der Waals surface area contributed by atoms with E-state index in [0.717, 1.165) is 23.6 Å². The lowest BCUT2D eigenvalue weighted by atomic mass is 10.0. The highest BCUT2D eigenvalue weighted by Gasteiger charge is 2.04. The molecule has 24 heavy (non-hydrogen) atoms. The molecule has 4 N–H and O–H groups in total. The summed E-state index contributed by atoms with van der Waals surface area (Å²) >= 11 is 0. The molecule has 0 radical (unpaired) electrons. The van der Waals surface area contributed by atoms with Gasteiger partial charge in [-0.25, -0.2) is 4.99 Å². The van der Waals surface area contributed by atoms with Crippen LogP contribution in [0.4, 0.5) is 5.69 Å². The number of benzene rings is 1. The zero-order valence-corrected chi connectivity index (χ0v) is 17.5. The zero-order chi connectivity index (χ0) is 17.2. The quantitative estimate of drug-likeness (QED) is 0.322. The fraction of sp³-hybridized carbons (Fsp3) is 0.556. The Labute approximate surface area is 162 Å². The molecule has 0 aromatic heterocycles. The molecule has 6 heteroatoms. The van der Waals surface area contributed by atoms with Crippen molar-refractivity contribution >= 4 is 41.5 Å². The van der Waals surface area contributed by atoms with Gasteiger partial charge in [0.15, 0.2) is 5.96 Å². The van der Waals surface area contributed by atoms with Gasteiger partial charge in [-0.1, -0.05) is 38.8 Å². The SMILES string of the molecule is CC(=O)Nc1cccc(CN=C(N)NC(C)CCCC(C)C)c1.I. The normalized spacial score (nSPS) is 12.5. The summed E-state index contributed by atoms with van der Waals surface area (Å²) in [7, 11) is 0. The second-order valence-corrected chi connectivity index (χ2v) is 6.45. The Morgan fingerprint density at radius 2 is 1.96 bits per heavy atom. The van der Waals surface area contributed by atoms with Gasteiger partial charge in [-0.3, -0.25) is 4.79 Å². The van der Waals surface area contributed by atoms with Gasteiger partial charge in [-0.2, -0.15) is 0 Å². The highest BCUT2D eigenvalue weighted by atomic mass is 127. The number of aliphatic imine (C=N–C) groups is 1. The number of anilines is 1. The molecule has 0 fully saturated rings. The monoisotopic (exact) mass is 446 g/mol. The molecule has 1 amide bonds. The first-order chi connectivity index (χ1) is 10.9. The number of hydrogen-bond donors (Lipinski definition) is 3. The molecule has 1 aromatic carbocycles. The minimum atomic E-state index is -0.0814. The Morgan fingerprint density at radius 3 is 2.58 bits per heavy atom. The van der Waals surface area contributed by atoms with Crippen molar-refractivity contribution in [3.63, 3.8) is 0 Å². The van der Waals surface area contributed by atoms with E-state index in [2.05, 4.69) is 36.4 Å². The Kier molecular flexibility index (Phi) is 11.4. The van der Waals surface area contributed by atoms with Gasteiger partial charge in [-0.15, -0.1) is 24.0 Å². The third kappa shape index (κ3) is 10.5. The van der Waals surface area contributed by atoms with E-state index < -0.39 is 0 Å². The fourth-order valence-corrected chi connectivity index (χ4v) is 2.33. The van der Waals surface area contributed by atoms with E-state index in [0.29, 0.717) is 18.5 Å². The number of amides is 1. The maximum Gasteiger partial charge on any atom is 0.221 e. The van der Waals surface area contributed by atoms with Crippen LogP contribution in [0.1, 0.15) is 52.5 Å². The van der Waals surface area contributed by atoms with Crippen molar-refractivity contribution in [3.8, 4) is 0 Å². The van der Waals surface area contributed by atoms with E-state index in [1.54, 1.807) is 0 Å². The number of nitrogens with one attached hydrogen (secondary N) is 2. The molecule has 0 saturated heterocycles. The number of nitrogens with zero attached hydrogens (tertiary/aromatic N) is 1. The van der Waals surface area contributed by atoms with Crippen LogP contribution in [-0.4, -0.2) is 17.9 Å². The van der Waals surface area contributed by atoms with Crippen LogP contribution in [0.2, 0.25) is 0 Å². The van der Waals surface area contributed by atoms with Crippen LogP contribution in [0.25, 0.3) is 0 Å². The van der Waals surface area contributed by atoms with Crippen molar-refractivity contribution in [3.05, 3.63) is 29.8 Å². The summed E-state index contributed by atoms with van der Waals surface area (Å²) in [6.07, 6.45) is 3.52. The van der Waals surface area contributed by atoms with Crippen LogP contribution in [0.3, 0.4) is 0 Å². The summed E-state index contributed by atoms with van der Waals surface area (Å²) in [5, 5.41) is 5.99. The average Bonchev–Trinajstić information content (AvgIpc) is 2.44. The largest absolute Gasteiger partial charge is 0.370 e. The van der Waals surface area contributed by atoms with Crippen LogP contribution >= 0.6 is 24.0 Å². The molecule has 0 saturated carbocycles. The molecule has 5 nitrogen and oxygen atoms in total. The summed E-state index contributed by atoms with van der Waals surface area (Å²) in [5.74, 6) is 1.12. The lowest BCUT2D eigenvalue weighted by Gasteiger charge is -2.15.